The van der Waals surface area contributed by atoms with Crippen molar-refractivity contribution in [3.63, 3.8) is 0 Å². The van der Waals surface area contributed by atoms with Gasteiger partial charge in [0.05, 0.1) is 5.52 Å². The fourth-order valence-corrected chi connectivity index (χ4v) is 1.49. The number of hydrogen-bond donors (Lipinski definition) is 1. The third-order valence-corrected chi connectivity index (χ3v) is 2.49. The van der Waals surface area contributed by atoms with E-state index in [0.717, 1.165) is 5.56 Å². The lowest BCUT2D eigenvalue weighted by atomic mass is 10.1. The summed E-state index contributed by atoms with van der Waals surface area (Å²) in [7, 11) is 0. The van der Waals surface area contributed by atoms with Crippen molar-refractivity contribution >= 4 is 22.5 Å². The van der Waals surface area contributed by atoms with Gasteiger partial charge in [0.25, 0.3) is 6.43 Å². The molecule has 0 aliphatic heterocycles. The maximum absolute atomic E-state index is 12.4. The Morgan fingerprint density at radius 1 is 1.43 bits per heavy atom. The average molecular weight is 217 g/mol. The second kappa shape index (κ2) is 3.20. The summed E-state index contributed by atoms with van der Waals surface area (Å²) in [5.41, 5.74) is 1.16. The Kier molecular flexibility index (Phi) is 2.15. The van der Waals surface area contributed by atoms with Crippen LogP contribution in [0.5, 0.6) is 0 Å². The molecule has 0 aliphatic carbocycles. The molecule has 0 saturated carbocycles. The van der Waals surface area contributed by atoms with Gasteiger partial charge in [-0.2, -0.15) is 5.10 Å². The molecule has 5 heteroatoms. The van der Waals surface area contributed by atoms with Crippen molar-refractivity contribution in [1.29, 1.82) is 0 Å². The molecule has 2 rings (SSSR count). The van der Waals surface area contributed by atoms with Crippen LogP contribution in [0.15, 0.2) is 12.1 Å². The molecule has 14 heavy (non-hydrogen) atoms. The molecule has 0 saturated heterocycles. The largest absolute Gasteiger partial charge is 0.280 e. The monoisotopic (exact) mass is 216 g/mol. The Labute approximate surface area is 83.9 Å². The van der Waals surface area contributed by atoms with Gasteiger partial charge in [-0.05, 0) is 24.6 Å². The fourth-order valence-electron chi connectivity index (χ4n) is 1.32. The molecule has 1 aromatic heterocycles. The molecule has 0 bridgehead atoms. The Hall–Kier alpha value is -1.16. The van der Waals surface area contributed by atoms with Gasteiger partial charge < -0.3 is 0 Å². The Morgan fingerprint density at radius 2 is 2.14 bits per heavy atom. The number of aromatic nitrogens is 2. The molecular formula is C9H7ClF2N2. The maximum atomic E-state index is 12.4. The lowest BCUT2D eigenvalue weighted by Crippen LogP contribution is -1.84. The van der Waals surface area contributed by atoms with Crippen molar-refractivity contribution in [3.05, 3.63) is 28.4 Å². The Balaban J connectivity index is 2.74. The van der Waals surface area contributed by atoms with Crippen LogP contribution < -0.4 is 0 Å². The summed E-state index contributed by atoms with van der Waals surface area (Å²) in [4.78, 5) is 0. The van der Waals surface area contributed by atoms with E-state index in [1.807, 2.05) is 0 Å². The molecule has 1 heterocycles. The molecule has 0 radical (unpaired) electrons. The second-order valence-corrected chi connectivity index (χ2v) is 3.46. The van der Waals surface area contributed by atoms with Crippen molar-refractivity contribution in [3.8, 4) is 0 Å². The number of nitrogens with zero attached hydrogens (tertiary/aromatic N) is 1. The predicted octanol–water partition coefficient (Wildman–Crippen LogP) is 3.46. The number of benzene rings is 1. The van der Waals surface area contributed by atoms with Gasteiger partial charge >= 0.3 is 0 Å². The van der Waals surface area contributed by atoms with Gasteiger partial charge in [0, 0.05) is 10.4 Å². The first kappa shape index (κ1) is 9.40. The molecule has 2 nitrogen and oxygen atoms in total. The first-order valence-electron chi connectivity index (χ1n) is 4.02. The van der Waals surface area contributed by atoms with Gasteiger partial charge in [-0.3, -0.25) is 5.10 Å². The Morgan fingerprint density at radius 3 is 2.79 bits per heavy atom. The minimum atomic E-state index is -2.56. The van der Waals surface area contributed by atoms with E-state index in [-0.39, 0.29) is 5.69 Å². The SMILES string of the molecule is Cc1cc2n[nH]c(C(F)F)c2cc1Cl. The van der Waals surface area contributed by atoms with Crippen molar-refractivity contribution < 1.29 is 8.78 Å². The third-order valence-electron chi connectivity index (χ3n) is 2.08. The van der Waals surface area contributed by atoms with E-state index in [2.05, 4.69) is 10.2 Å². The minimum Gasteiger partial charge on any atom is -0.276 e. The van der Waals surface area contributed by atoms with Crippen LogP contribution in [0, 0.1) is 6.92 Å². The highest BCUT2D eigenvalue weighted by atomic mass is 35.5. The van der Waals surface area contributed by atoms with Gasteiger partial charge in [0.2, 0.25) is 0 Å². The maximum Gasteiger partial charge on any atom is 0.280 e. The summed E-state index contributed by atoms with van der Waals surface area (Å²) >= 11 is 5.83. The van der Waals surface area contributed by atoms with Crippen LogP contribution >= 0.6 is 11.6 Å². The lowest BCUT2D eigenvalue weighted by Gasteiger charge is -1.98. The van der Waals surface area contributed by atoms with E-state index in [1.54, 1.807) is 13.0 Å². The first-order chi connectivity index (χ1) is 6.59. The van der Waals surface area contributed by atoms with Gasteiger partial charge in [-0.1, -0.05) is 11.6 Å². The van der Waals surface area contributed by atoms with Crippen LogP contribution in [-0.2, 0) is 0 Å². The standard InChI is InChI=1S/C9H7ClF2N2/c1-4-2-7-5(3-6(4)10)8(9(11)12)14-13-7/h2-3,9H,1H3,(H,13,14). The molecule has 0 atom stereocenters. The highest BCUT2D eigenvalue weighted by Gasteiger charge is 2.15. The predicted molar refractivity (Wildman–Crippen MR) is 50.8 cm³/mol. The van der Waals surface area contributed by atoms with Gasteiger partial charge in [0.15, 0.2) is 0 Å². The van der Waals surface area contributed by atoms with Gasteiger partial charge in [-0.25, -0.2) is 8.78 Å². The molecule has 74 valence electrons. The zero-order chi connectivity index (χ0) is 10.3. The van der Waals surface area contributed by atoms with Crippen molar-refractivity contribution in [2.24, 2.45) is 0 Å². The molecule has 2 aromatic rings. The highest BCUT2D eigenvalue weighted by molar-refractivity contribution is 6.32. The Bertz CT molecular complexity index is 479. The number of rotatable bonds is 1. The number of nitrogens with one attached hydrogen (secondary N) is 1. The number of aryl methyl sites for hydroxylation is 1. The molecular weight excluding hydrogens is 210 g/mol. The molecule has 0 unspecified atom stereocenters. The summed E-state index contributed by atoms with van der Waals surface area (Å²) in [6.07, 6.45) is -2.56. The zero-order valence-electron chi connectivity index (χ0n) is 7.31. The normalized spacial score (nSPS) is 11.5. The average Bonchev–Trinajstić information content (AvgIpc) is 2.48. The summed E-state index contributed by atoms with van der Waals surface area (Å²) in [6.45, 7) is 1.80. The molecule has 1 N–H and O–H groups in total. The van der Waals surface area contributed by atoms with Crippen LogP contribution in [0.3, 0.4) is 0 Å². The van der Waals surface area contributed by atoms with Crippen LogP contribution in [-0.4, -0.2) is 10.2 Å². The number of halogens is 3. The van der Waals surface area contributed by atoms with Crippen molar-refractivity contribution in [1.82, 2.24) is 10.2 Å². The van der Waals surface area contributed by atoms with E-state index < -0.39 is 6.43 Å². The van der Waals surface area contributed by atoms with Crippen LogP contribution in [0.2, 0.25) is 5.02 Å². The highest BCUT2D eigenvalue weighted by Crippen LogP contribution is 2.29. The number of aromatic amines is 1. The van der Waals surface area contributed by atoms with Crippen molar-refractivity contribution in [2.75, 3.05) is 0 Å². The van der Waals surface area contributed by atoms with E-state index in [1.165, 1.54) is 6.07 Å². The lowest BCUT2D eigenvalue weighted by molar-refractivity contribution is 0.147. The molecule has 1 aromatic carbocycles. The summed E-state index contributed by atoms with van der Waals surface area (Å²) < 4.78 is 24.9. The fraction of sp³-hybridized carbons (Fsp3) is 0.222. The number of alkyl halides is 2. The van der Waals surface area contributed by atoms with Gasteiger partial charge in [-0.15, -0.1) is 0 Å². The van der Waals surface area contributed by atoms with E-state index in [9.17, 15) is 8.78 Å². The second-order valence-electron chi connectivity index (χ2n) is 3.06. The van der Waals surface area contributed by atoms with Gasteiger partial charge in [0.1, 0.15) is 5.69 Å². The quantitative estimate of drug-likeness (QED) is 0.777. The first-order valence-corrected chi connectivity index (χ1v) is 4.39. The third kappa shape index (κ3) is 1.35. The zero-order valence-corrected chi connectivity index (χ0v) is 8.07. The van der Waals surface area contributed by atoms with E-state index in [0.29, 0.717) is 15.9 Å². The minimum absolute atomic E-state index is 0.179. The molecule has 0 amide bonds. The molecule has 0 spiro atoms. The smallest absolute Gasteiger partial charge is 0.276 e. The van der Waals surface area contributed by atoms with E-state index in [4.69, 9.17) is 11.6 Å². The summed E-state index contributed by atoms with van der Waals surface area (Å²) in [5.74, 6) is 0. The van der Waals surface area contributed by atoms with Crippen LogP contribution in [0.4, 0.5) is 8.78 Å². The van der Waals surface area contributed by atoms with Crippen LogP contribution in [0.1, 0.15) is 17.7 Å². The molecule has 0 aliphatic rings. The number of hydrogen-bond acceptors (Lipinski definition) is 1. The van der Waals surface area contributed by atoms with E-state index >= 15 is 0 Å². The summed E-state index contributed by atoms with van der Waals surface area (Å²) in [6, 6.07) is 3.19. The number of fused-ring (bicyclic) bond motifs is 1. The van der Waals surface area contributed by atoms with Crippen molar-refractivity contribution in [2.45, 2.75) is 13.3 Å². The van der Waals surface area contributed by atoms with Crippen LogP contribution in [0.25, 0.3) is 10.9 Å². The number of H-pyrrole nitrogens is 1. The molecule has 0 fully saturated rings. The summed E-state index contributed by atoms with van der Waals surface area (Å²) in [5, 5.41) is 6.94. The topological polar surface area (TPSA) is 28.7 Å².